The molecule has 0 radical (unpaired) electrons. The molecule has 0 aromatic carbocycles. The predicted molar refractivity (Wildman–Crippen MR) is 65.1 cm³/mol. The second-order valence-corrected chi connectivity index (χ2v) is 4.51. The molecule has 1 amide bonds. The van der Waals surface area contributed by atoms with E-state index in [0.29, 0.717) is 23.3 Å². The fourth-order valence-electron chi connectivity index (χ4n) is 1.83. The quantitative estimate of drug-likeness (QED) is 0.835. The van der Waals surface area contributed by atoms with Gasteiger partial charge in [-0.05, 0) is 30.9 Å². The van der Waals surface area contributed by atoms with E-state index in [2.05, 4.69) is 10.3 Å². The van der Waals surface area contributed by atoms with Gasteiger partial charge in [0.25, 0.3) is 5.91 Å². The zero-order valence-corrected chi connectivity index (χ0v) is 10.2. The number of hydrogen-bond donors (Lipinski definition) is 1. The number of aromatic nitrogens is 1. The lowest BCUT2D eigenvalue weighted by Gasteiger charge is -2.08. The minimum atomic E-state index is -0.175. The van der Waals surface area contributed by atoms with E-state index < -0.39 is 0 Å². The molecule has 1 aromatic rings. The van der Waals surface area contributed by atoms with Crippen molar-refractivity contribution in [3.05, 3.63) is 29.0 Å². The topological polar surface area (TPSA) is 51.2 Å². The Morgan fingerprint density at radius 1 is 1.59 bits per heavy atom. The number of carbonyl (C=O) groups is 1. The first kappa shape index (κ1) is 12.3. The van der Waals surface area contributed by atoms with Crippen molar-refractivity contribution in [2.75, 3.05) is 19.8 Å². The molecule has 0 spiro atoms. The Hall–Kier alpha value is -1.13. The summed E-state index contributed by atoms with van der Waals surface area (Å²) >= 11 is 5.72. The van der Waals surface area contributed by atoms with Crippen LogP contribution in [0, 0.1) is 5.92 Å². The third-order valence-electron chi connectivity index (χ3n) is 2.81. The Labute approximate surface area is 105 Å². The van der Waals surface area contributed by atoms with Gasteiger partial charge < -0.3 is 10.1 Å². The molecule has 2 rings (SSSR count). The summed E-state index contributed by atoms with van der Waals surface area (Å²) in [5.41, 5.74) is 0.361. The van der Waals surface area contributed by atoms with Crippen LogP contribution in [0.2, 0.25) is 5.15 Å². The fraction of sp³-hybridized carbons (Fsp3) is 0.500. The van der Waals surface area contributed by atoms with Crippen molar-refractivity contribution in [3.8, 4) is 0 Å². The highest BCUT2D eigenvalue weighted by Gasteiger charge is 2.15. The number of amides is 1. The minimum absolute atomic E-state index is 0.175. The van der Waals surface area contributed by atoms with E-state index in [4.69, 9.17) is 16.3 Å². The number of nitrogens with one attached hydrogen (secondary N) is 1. The summed E-state index contributed by atoms with van der Waals surface area (Å²) in [6.07, 6.45) is 2.04. The first-order valence-corrected chi connectivity index (χ1v) is 6.12. The van der Waals surface area contributed by atoms with Crippen molar-refractivity contribution < 1.29 is 9.53 Å². The summed E-state index contributed by atoms with van der Waals surface area (Å²) in [4.78, 5) is 15.7. The van der Waals surface area contributed by atoms with Crippen LogP contribution in [0.3, 0.4) is 0 Å². The van der Waals surface area contributed by atoms with E-state index >= 15 is 0 Å². The average Bonchev–Trinajstić information content (AvgIpc) is 2.82. The highest BCUT2D eigenvalue weighted by Crippen LogP contribution is 2.15. The van der Waals surface area contributed by atoms with E-state index in [0.717, 1.165) is 26.1 Å². The Kier molecular flexibility index (Phi) is 4.34. The van der Waals surface area contributed by atoms with Gasteiger partial charge in [-0.15, -0.1) is 0 Å². The molecular weight excluding hydrogens is 240 g/mol. The molecule has 1 aliphatic rings. The van der Waals surface area contributed by atoms with Crippen LogP contribution in [0.15, 0.2) is 18.2 Å². The Morgan fingerprint density at radius 2 is 2.47 bits per heavy atom. The maximum Gasteiger partial charge on any atom is 0.269 e. The number of hydrogen-bond acceptors (Lipinski definition) is 3. The van der Waals surface area contributed by atoms with Gasteiger partial charge in [-0.1, -0.05) is 17.7 Å². The van der Waals surface area contributed by atoms with Crippen LogP contribution in [0.4, 0.5) is 0 Å². The van der Waals surface area contributed by atoms with E-state index in [1.54, 1.807) is 18.2 Å². The molecule has 92 valence electrons. The summed E-state index contributed by atoms with van der Waals surface area (Å²) in [7, 11) is 0. The van der Waals surface area contributed by atoms with Crippen molar-refractivity contribution in [1.82, 2.24) is 10.3 Å². The lowest BCUT2D eigenvalue weighted by molar-refractivity contribution is 0.0945. The summed E-state index contributed by atoms with van der Waals surface area (Å²) in [6.45, 7) is 2.31. The third-order valence-corrected chi connectivity index (χ3v) is 3.02. The van der Waals surface area contributed by atoms with Crippen LogP contribution >= 0.6 is 11.6 Å². The standard InChI is InChI=1S/C12H15ClN2O2/c13-11-3-1-2-10(15-11)12(16)14-6-4-9-5-7-17-8-9/h1-3,9H,4-8H2,(H,14,16). The van der Waals surface area contributed by atoms with Crippen LogP contribution in [0.1, 0.15) is 23.3 Å². The molecule has 1 N–H and O–H groups in total. The van der Waals surface area contributed by atoms with Crippen LogP contribution in [0.5, 0.6) is 0 Å². The molecule has 1 saturated heterocycles. The molecule has 0 aliphatic carbocycles. The molecule has 1 aromatic heterocycles. The second kappa shape index (κ2) is 5.98. The summed E-state index contributed by atoms with van der Waals surface area (Å²) < 4.78 is 5.27. The maximum absolute atomic E-state index is 11.7. The van der Waals surface area contributed by atoms with E-state index in [1.807, 2.05) is 0 Å². The summed E-state index contributed by atoms with van der Waals surface area (Å²) in [5.74, 6) is 0.397. The van der Waals surface area contributed by atoms with Crippen molar-refractivity contribution in [2.24, 2.45) is 5.92 Å². The van der Waals surface area contributed by atoms with Gasteiger partial charge in [0.1, 0.15) is 10.8 Å². The SMILES string of the molecule is O=C(NCCC1CCOC1)c1cccc(Cl)n1. The van der Waals surface area contributed by atoms with Gasteiger partial charge >= 0.3 is 0 Å². The first-order valence-electron chi connectivity index (χ1n) is 5.74. The highest BCUT2D eigenvalue weighted by molar-refractivity contribution is 6.29. The monoisotopic (exact) mass is 254 g/mol. The van der Waals surface area contributed by atoms with E-state index in [1.165, 1.54) is 0 Å². The normalized spacial score (nSPS) is 19.2. The number of ether oxygens (including phenoxy) is 1. The second-order valence-electron chi connectivity index (χ2n) is 4.12. The van der Waals surface area contributed by atoms with Crippen LogP contribution < -0.4 is 5.32 Å². The molecular formula is C12H15ClN2O2. The van der Waals surface area contributed by atoms with Crippen molar-refractivity contribution in [1.29, 1.82) is 0 Å². The molecule has 4 nitrogen and oxygen atoms in total. The zero-order chi connectivity index (χ0) is 12.1. The maximum atomic E-state index is 11.7. The molecule has 2 heterocycles. The summed E-state index contributed by atoms with van der Waals surface area (Å²) in [5, 5.41) is 3.17. The van der Waals surface area contributed by atoms with Crippen LogP contribution in [-0.2, 0) is 4.74 Å². The molecule has 17 heavy (non-hydrogen) atoms. The highest BCUT2D eigenvalue weighted by atomic mass is 35.5. The Bertz CT molecular complexity index is 392. The number of nitrogens with zero attached hydrogens (tertiary/aromatic N) is 1. The molecule has 0 bridgehead atoms. The lowest BCUT2D eigenvalue weighted by atomic mass is 10.1. The van der Waals surface area contributed by atoms with Crippen LogP contribution in [-0.4, -0.2) is 30.6 Å². The number of carbonyl (C=O) groups excluding carboxylic acids is 1. The van der Waals surface area contributed by atoms with Crippen molar-refractivity contribution >= 4 is 17.5 Å². The molecule has 1 atom stereocenters. The van der Waals surface area contributed by atoms with E-state index in [-0.39, 0.29) is 5.91 Å². The van der Waals surface area contributed by atoms with Gasteiger partial charge in [-0.2, -0.15) is 0 Å². The molecule has 1 fully saturated rings. The first-order chi connectivity index (χ1) is 8.25. The van der Waals surface area contributed by atoms with Crippen molar-refractivity contribution in [3.63, 3.8) is 0 Å². The fourth-order valence-corrected chi connectivity index (χ4v) is 1.99. The van der Waals surface area contributed by atoms with Crippen molar-refractivity contribution in [2.45, 2.75) is 12.8 Å². The third kappa shape index (κ3) is 3.68. The average molecular weight is 255 g/mol. The van der Waals surface area contributed by atoms with Gasteiger partial charge in [-0.3, -0.25) is 4.79 Å². The minimum Gasteiger partial charge on any atom is -0.381 e. The van der Waals surface area contributed by atoms with Gasteiger partial charge in [0, 0.05) is 19.8 Å². The van der Waals surface area contributed by atoms with Gasteiger partial charge in [0.2, 0.25) is 0 Å². The van der Waals surface area contributed by atoms with Gasteiger partial charge in [0.05, 0.1) is 0 Å². The Balaban J connectivity index is 1.77. The van der Waals surface area contributed by atoms with Gasteiger partial charge in [0.15, 0.2) is 0 Å². The molecule has 5 heteroatoms. The molecule has 1 aliphatic heterocycles. The largest absolute Gasteiger partial charge is 0.381 e. The number of pyridine rings is 1. The van der Waals surface area contributed by atoms with E-state index in [9.17, 15) is 4.79 Å². The predicted octanol–water partition coefficient (Wildman–Crippen LogP) is 1.89. The van der Waals surface area contributed by atoms with Crippen LogP contribution in [0.25, 0.3) is 0 Å². The van der Waals surface area contributed by atoms with Gasteiger partial charge in [-0.25, -0.2) is 4.98 Å². The number of halogens is 1. The molecule has 1 unspecified atom stereocenters. The Morgan fingerprint density at radius 3 is 3.18 bits per heavy atom. The zero-order valence-electron chi connectivity index (χ0n) is 9.49. The number of rotatable bonds is 4. The smallest absolute Gasteiger partial charge is 0.269 e. The summed E-state index contributed by atoms with van der Waals surface area (Å²) in [6, 6.07) is 5.02. The lowest BCUT2D eigenvalue weighted by Crippen LogP contribution is -2.26. The molecule has 0 saturated carbocycles.